The van der Waals surface area contributed by atoms with Gasteiger partial charge in [-0.2, -0.15) is 13.2 Å². The van der Waals surface area contributed by atoms with Gasteiger partial charge in [-0.25, -0.2) is 4.98 Å². The molecule has 2 heterocycles. The second kappa shape index (κ2) is 8.38. The fraction of sp³-hybridized carbons (Fsp3) is 0.368. The molecule has 0 spiro atoms. The Labute approximate surface area is 169 Å². The number of amides is 1. The van der Waals surface area contributed by atoms with Gasteiger partial charge in [-0.15, -0.1) is 0 Å². The highest BCUT2D eigenvalue weighted by Gasteiger charge is 2.31. The number of rotatable bonds is 3. The van der Waals surface area contributed by atoms with Gasteiger partial charge in [-0.05, 0) is 52.7 Å². The Balaban J connectivity index is 1.67. The van der Waals surface area contributed by atoms with Crippen molar-refractivity contribution in [3.8, 4) is 5.75 Å². The first-order valence-corrected chi connectivity index (χ1v) is 9.50. The lowest BCUT2D eigenvalue weighted by Crippen LogP contribution is -2.35. The molecular weight excluding hydrogens is 439 g/mol. The van der Waals surface area contributed by atoms with Crippen molar-refractivity contribution in [1.29, 1.82) is 0 Å². The quantitative estimate of drug-likeness (QED) is 0.691. The zero-order valence-corrected chi connectivity index (χ0v) is 16.8. The van der Waals surface area contributed by atoms with Crippen LogP contribution >= 0.6 is 15.9 Å². The number of halogens is 4. The molecule has 0 atom stereocenters. The highest BCUT2D eigenvalue weighted by Crippen LogP contribution is 2.30. The molecule has 9 heteroatoms. The smallest absolute Gasteiger partial charge is 0.417 e. The average Bonchev–Trinajstić information content (AvgIpc) is 2.93. The second-order valence-corrected chi connectivity index (χ2v) is 7.24. The monoisotopic (exact) mass is 457 g/mol. The van der Waals surface area contributed by atoms with Crippen molar-refractivity contribution in [2.24, 2.45) is 0 Å². The van der Waals surface area contributed by atoms with Crippen molar-refractivity contribution < 1.29 is 22.7 Å². The van der Waals surface area contributed by atoms with Gasteiger partial charge in [0, 0.05) is 37.9 Å². The molecule has 1 saturated heterocycles. The summed E-state index contributed by atoms with van der Waals surface area (Å²) in [4.78, 5) is 20.4. The van der Waals surface area contributed by atoms with Gasteiger partial charge in [0.25, 0.3) is 5.91 Å². The number of ether oxygens (including phenoxy) is 1. The summed E-state index contributed by atoms with van der Waals surface area (Å²) >= 11 is 3.38. The van der Waals surface area contributed by atoms with E-state index in [2.05, 4.69) is 20.9 Å². The van der Waals surface area contributed by atoms with Gasteiger partial charge in [0.15, 0.2) is 0 Å². The Hall–Kier alpha value is -2.29. The zero-order valence-electron chi connectivity index (χ0n) is 15.2. The number of hydrogen-bond donors (Lipinski definition) is 0. The maximum atomic E-state index is 12.8. The van der Waals surface area contributed by atoms with E-state index in [9.17, 15) is 18.0 Å². The second-order valence-electron chi connectivity index (χ2n) is 6.38. The summed E-state index contributed by atoms with van der Waals surface area (Å²) < 4.78 is 44.0. The van der Waals surface area contributed by atoms with Crippen LogP contribution in [0.1, 0.15) is 22.3 Å². The molecule has 0 saturated carbocycles. The van der Waals surface area contributed by atoms with Gasteiger partial charge in [-0.3, -0.25) is 4.79 Å². The van der Waals surface area contributed by atoms with Gasteiger partial charge >= 0.3 is 6.18 Å². The van der Waals surface area contributed by atoms with Crippen LogP contribution in [0.3, 0.4) is 0 Å². The molecule has 1 aliphatic heterocycles. The number of anilines is 1. The fourth-order valence-electron chi connectivity index (χ4n) is 3.07. The lowest BCUT2D eigenvalue weighted by Gasteiger charge is -2.23. The van der Waals surface area contributed by atoms with Crippen molar-refractivity contribution in [2.75, 3.05) is 38.2 Å². The van der Waals surface area contributed by atoms with E-state index in [1.807, 2.05) is 4.90 Å². The number of carbonyl (C=O) groups is 1. The summed E-state index contributed by atoms with van der Waals surface area (Å²) in [6.45, 7) is 2.15. The van der Waals surface area contributed by atoms with Crippen molar-refractivity contribution in [1.82, 2.24) is 9.88 Å². The predicted octanol–water partition coefficient (Wildman–Crippen LogP) is 4.22. The molecule has 0 radical (unpaired) electrons. The van der Waals surface area contributed by atoms with Gasteiger partial charge in [0.05, 0.1) is 17.1 Å². The lowest BCUT2D eigenvalue weighted by atomic mass is 10.2. The van der Waals surface area contributed by atoms with Crippen LogP contribution in [0.2, 0.25) is 0 Å². The Kier molecular flexibility index (Phi) is 6.12. The van der Waals surface area contributed by atoms with Crippen LogP contribution in [0.15, 0.2) is 41.0 Å². The molecule has 1 amide bonds. The van der Waals surface area contributed by atoms with Crippen molar-refractivity contribution in [3.05, 3.63) is 52.1 Å². The summed E-state index contributed by atoms with van der Waals surface area (Å²) in [5.41, 5.74) is -0.221. The molecule has 0 bridgehead atoms. The predicted molar refractivity (Wildman–Crippen MR) is 103 cm³/mol. The first-order valence-electron chi connectivity index (χ1n) is 8.70. The van der Waals surface area contributed by atoms with E-state index in [1.165, 1.54) is 6.07 Å². The first kappa shape index (κ1) is 20.4. The number of alkyl halides is 3. The van der Waals surface area contributed by atoms with Crippen LogP contribution in [0.25, 0.3) is 0 Å². The van der Waals surface area contributed by atoms with Crippen LogP contribution < -0.4 is 9.64 Å². The zero-order chi connectivity index (χ0) is 20.3. The third kappa shape index (κ3) is 4.57. The number of pyridine rings is 1. The molecule has 1 aromatic carbocycles. The molecule has 1 aliphatic rings. The lowest BCUT2D eigenvalue weighted by molar-refractivity contribution is -0.137. The van der Waals surface area contributed by atoms with Gasteiger partial charge in [-0.1, -0.05) is 0 Å². The summed E-state index contributed by atoms with van der Waals surface area (Å²) in [6.07, 6.45) is -2.86. The largest absolute Gasteiger partial charge is 0.496 e. The Bertz CT molecular complexity index is 843. The number of aromatic nitrogens is 1. The minimum Gasteiger partial charge on any atom is -0.496 e. The van der Waals surface area contributed by atoms with E-state index < -0.39 is 11.7 Å². The number of carbonyl (C=O) groups excluding carboxylic acids is 1. The Morgan fingerprint density at radius 3 is 2.54 bits per heavy atom. The van der Waals surface area contributed by atoms with E-state index in [1.54, 1.807) is 30.2 Å². The maximum Gasteiger partial charge on any atom is 0.417 e. The van der Waals surface area contributed by atoms with Gasteiger partial charge < -0.3 is 14.5 Å². The van der Waals surface area contributed by atoms with E-state index >= 15 is 0 Å². The number of hydrogen-bond acceptors (Lipinski definition) is 4. The third-order valence-electron chi connectivity index (χ3n) is 4.58. The highest BCUT2D eigenvalue weighted by molar-refractivity contribution is 9.10. The SMILES string of the molecule is COc1ccc(C(=O)N2CCCN(c3ccc(C(F)(F)F)cn3)CC2)cc1Br. The molecule has 2 aromatic rings. The molecule has 5 nitrogen and oxygen atoms in total. The van der Waals surface area contributed by atoms with Gasteiger partial charge in [0.2, 0.25) is 0 Å². The van der Waals surface area contributed by atoms with Crippen LogP contribution in [0, 0.1) is 0 Å². The topological polar surface area (TPSA) is 45.7 Å². The minimum absolute atomic E-state index is 0.0921. The molecule has 1 fully saturated rings. The third-order valence-corrected chi connectivity index (χ3v) is 5.20. The molecule has 150 valence electrons. The molecule has 1 aromatic heterocycles. The standard InChI is InChI=1S/C19H19BrF3N3O2/c1-28-16-5-3-13(11-15(16)20)18(27)26-8-2-7-25(9-10-26)17-6-4-14(12-24-17)19(21,22)23/h3-6,11-12H,2,7-10H2,1H3. The summed E-state index contributed by atoms with van der Waals surface area (Å²) in [7, 11) is 1.56. The van der Waals surface area contributed by atoms with E-state index in [0.717, 1.165) is 12.3 Å². The molecule has 0 aliphatic carbocycles. The normalized spacial score (nSPS) is 15.3. The molecule has 3 rings (SSSR count). The molecule has 28 heavy (non-hydrogen) atoms. The van der Waals surface area contributed by atoms with E-state index in [-0.39, 0.29) is 5.91 Å². The van der Waals surface area contributed by atoms with E-state index in [4.69, 9.17) is 4.74 Å². The van der Waals surface area contributed by atoms with Crippen LogP contribution in [-0.2, 0) is 6.18 Å². The van der Waals surface area contributed by atoms with Crippen LogP contribution in [0.4, 0.5) is 19.0 Å². The molecular formula is C19H19BrF3N3O2. The van der Waals surface area contributed by atoms with Crippen molar-refractivity contribution in [2.45, 2.75) is 12.6 Å². The highest BCUT2D eigenvalue weighted by atomic mass is 79.9. The average molecular weight is 458 g/mol. The van der Waals surface area contributed by atoms with E-state index in [0.29, 0.717) is 54.2 Å². The number of benzene rings is 1. The van der Waals surface area contributed by atoms with Crippen LogP contribution in [-0.4, -0.2) is 49.1 Å². The van der Waals surface area contributed by atoms with Gasteiger partial charge in [0.1, 0.15) is 11.6 Å². The summed E-state index contributed by atoms with van der Waals surface area (Å²) in [5, 5.41) is 0. The molecule has 0 unspecified atom stereocenters. The maximum absolute atomic E-state index is 12.8. The summed E-state index contributed by atoms with van der Waals surface area (Å²) in [6, 6.07) is 7.58. The first-order chi connectivity index (χ1) is 13.3. The minimum atomic E-state index is -4.40. The summed E-state index contributed by atoms with van der Waals surface area (Å²) in [5.74, 6) is 1.03. The van der Waals surface area contributed by atoms with Crippen molar-refractivity contribution >= 4 is 27.7 Å². The number of methoxy groups -OCH3 is 1. The fourth-order valence-corrected chi connectivity index (χ4v) is 3.61. The Morgan fingerprint density at radius 1 is 1.14 bits per heavy atom. The van der Waals surface area contributed by atoms with Crippen LogP contribution in [0.5, 0.6) is 5.75 Å². The molecule has 0 N–H and O–H groups in total. The Morgan fingerprint density at radius 2 is 1.93 bits per heavy atom. The number of nitrogens with zero attached hydrogens (tertiary/aromatic N) is 3. The van der Waals surface area contributed by atoms with Crippen molar-refractivity contribution in [3.63, 3.8) is 0 Å².